The van der Waals surface area contributed by atoms with Gasteiger partial charge in [-0.15, -0.1) is 0 Å². The molecule has 0 atom stereocenters. The topological polar surface area (TPSA) is 44.7 Å². The molecule has 0 saturated heterocycles. The summed E-state index contributed by atoms with van der Waals surface area (Å²) in [6.07, 6.45) is 2.80. The van der Waals surface area contributed by atoms with Crippen molar-refractivity contribution >= 4 is 10.9 Å². The third kappa shape index (κ3) is 3.85. The molecule has 1 aromatic heterocycles. The van der Waals surface area contributed by atoms with Gasteiger partial charge in [0.2, 0.25) is 0 Å². The Morgan fingerprint density at radius 2 is 1.78 bits per heavy atom. The van der Waals surface area contributed by atoms with Crippen LogP contribution in [0.3, 0.4) is 0 Å². The first-order valence-corrected chi connectivity index (χ1v) is 8.81. The lowest BCUT2D eigenvalue weighted by molar-refractivity contribution is 0.354. The van der Waals surface area contributed by atoms with Gasteiger partial charge in [0.1, 0.15) is 0 Å². The molecule has 3 aromatic rings. The first kappa shape index (κ1) is 19.0. The van der Waals surface area contributed by atoms with E-state index in [0.717, 1.165) is 35.0 Å². The molecular weight excluding hydrogens is 347 g/mol. The maximum atomic E-state index is 14.1. The zero-order chi connectivity index (χ0) is 19.4. The van der Waals surface area contributed by atoms with E-state index in [4.69, 9.17) is 14.2 Å². The van der Waals surface area contributed by atoms with Crippen molar-refractivity contribution < 1.29 is 18.6 Å². The molecule has 1 N–H and O–H groups in total. The molecule has 0 aliphatic rings. The monoisotopic (exact) mass is 372 g/mol. The number of rotatable bonds is 8. The highest BCUT2D eigenvalue weighted by atomic mass is 19.1. The Bertz CT molecular complexity index is 937. The van der Waals surface area contributed by atoms with Crippen molar-refractivity contribution in [1.82, 2.24) is 9.88 Å². The molecular formula is C21H25FN2O3. The SMILES string of the molecule is COc1ccc(CNCCc2cn(C)c3ccc(F)c(OC)c23)cc1OC. The van der Waals surface area contributed by atoms with Crippen LogP contribution in [0.5, 0.6) is 17.2 Å². The van der Waals surface area contributed by atoms with Crippen LogP contribution in [0.1, 0.15) is 11.1 Å². The maximum Gasteiger partial charge on any atom is 0.165 e. The van der Waals surface area contributed by atoms with Crippen molar-refractivity contribution in [2.24, 2.45) is 7.05 Å². The van der Waals surface area contributed by atoms with Gasteiger partial charge in [-0.05, 0) is 48.4 Å². The summed E-state index contributed by atoms with van der Waals surface area (Å²) >= 11 is 0. The van der Waals surface area contributed by atoms with Gasteiger partial charge < -0.3 is 24.1 Å². The summed E-state index contributed by atoms with van der Waals surface area (Å²) in [5.41, 5.74) is 3.13. The molecule has 0 fully saturated rings. The van der Waals surface area contributed by atoms with E-state index in [0.29, 0.717) is 23.8 Å². The first-order valence-electron chi connectivity index (χ1n) is 8.81. The van der Waals surface area contributed by atoms with Gasteiger partial charge in [0, 0.05) is 25.2 Å². The van der Waals surface area contributed by atoms with Gasteiger partial charge in [0.15, 0.2) is 23.1 Å². The zero-order valence-electron chi connectivity index (χ0n) is 16.1. The van der Waals surface area contributed by atoms with E-state index in [1.54, 1.807) is 20.3 Å². The van der Waals surface area contributed by atoms with Gasteiger partial charge in [-0.25, -0.2) is 4.39 Å². The molecule has 0 aliphatic carbocycles. The van der Waals surface area contributed by atoms with Crippen molar-refractivity contribution in [3.8, 4) is 17.2 Å². The smallest absolute Gasteiger partial charge is 0.165 e. The number of hydrogen-bond donors (Lipinski definition) is 1. The average Bonchev–Trinajstić information content (AvgIpc) is 3.00. The van der Waals surface area contributed by atoms with Gasteiger partial charge in [-0.3, -0.25) is 0 Å². The van der Waals surface area contributed by atoms with Crippen LogP contribution in [0.4, 0.5) is 4.39 Å². The molecule has 5 nitrogen and oxygen atoms in total. The highest BCUT2D eigenvalue weighted by molar-refractivity contribution is 5.90. The van der Waals surface area contributed by atoms with Gasteiger partial charge in [-0.1, -0.05) is 6.07 Å². The number of fused-ring (bicyclic) bond motifs is 1. The fraction of sp³-hybridized carbons (Fsp3) is 0.333. The van der Waals surface area contributed by atoms with Crippen molar-refractivity contribution in [1.29, 1.82) is 0 Å². The van der Waals surface area contributed by atoms with Crippen LogP contribution in [-0.4, -0.2) is 32.4 Å². The second-order valence-electron chi connectivity index (χ2n) is 6.36. The lowest BCUT2D eigenvalue weighted by Crippen LogP contribution is -2.16. The molecule has 0 aliphatic heterocycles. The minimum atomic E-state index is -0.337. The molecule has 6 heteroatoms. The first-order chi connectivity index (χ1) is 13.1. The molecule has 27 heavy (non-hydrogen) atoms. The molecule has 0 amide bonds. The summed E-state index contributed by atoms with van der Waals surface area (Å²) in [5, 5.41) is 4.27. The van der Waals surface area contributed by atoms with Crippen LogP contribution in [0.25, 0.3) is 10.9 Å². The summed E-state index contributed by atoms with van der Waals surface area (Å²) < 4.78 is 32.0. The molecule has 0 saturated carbocycles. The number of nitrogens with zero attached hydrogens (tertiary/aromatic N) is 1. The second kappa shape index (κ2) is 8.31. The fourth-order valence-electron chi connectivity index (χ4n) is 3.35. The highest BCUT2D eigenvalue weighted by Gasteiger charge is 2.15. The van der Waals surface area contributed by atoms with Crippen LogP contribution < -0.4 is 19.5 Å². The number of benzene rings is 2. The van der Waals surface area contributed by atoms with Crippen molar-refractivity contribution in [3.63, 3.8) is 0 Å². The van der Waals surface area contributed by atoms with E-state index >= 15 is 0 Å². The molecule has 2 aromatic carbocycles. The predicted octanol–water partition coefficient (Wildman–Crippen LogP) is 3.68. The zero-order valence-corrected chi connectivity index (χ0v) is 16.1. The molecule has 3 rings (SSSR count). The van der Waals surface area contributed by atoms with Crippen LogP contribution in [0.15, 0.2) is 36.5 Å². The Balaban J connectivity index is 1.69. The molecule has 0 unspecified atom stereocenters. The Hall–Kier alpha value is -2.73. The summed E-state index contributed by atoms with van der Waals surface area (Å²) in [4.78, 5) is 0. The highest BCUT2D eigenvalue weighted by Crippen LogP contribution is 2.33. The number of hydrogen-bond acceptors (Lipinski definition) is 4. The number of ether oxygens (including phenoxy) is 3. The number of halogens is 1. The number of nitrogens with one attached hydrogen (secondary N) is 1. The fourth-order valence-corrected chi connectivity index (χ4v) is 3.35. The summed E-state index contributed by atoms with van der Waals surface area (Å²) in [6.45, 7) is 1.46. The van der Waals surface area contributed by atoms with Crippen LogP contribution in [0, 0.1) is 5.82 Å². The summed E-state index contributed by atoms with van der Waals surface area (Å²) in [6, 6.07) is 9.09. The molecule has 144 valence electrons. The number of aryl methyl sites for hydroxylation is 1. The average molecular weight is 372 g/mol. The lowest BCUT2D eigenvalue weighted by atomic mass is 10.1. The minimum Gasteiger partial charge on any atom is -0.493 e. The van der Waals surface area contributed by atoms with Gasteiger partial charge >= 0.3 is 0 Å². The third-order valence-electron chi connectivity index (χ3n) is 4.69. The Labute approximate surface area is 158 Å². The summed E-state index contributed by atoms with van der Waals surface area (Å²) in [5.74, 6) is 1.40. The van der Waals surface area contributed by atoms with Crippen LogP contribution in [-0.2, 0) is 20.0 Å². The Morgan fingerprint density at radius 1 is 1.00 bits per heavy atom. The largest absolute Gasteiger partial charge is 0.493 e. The predicted molar refractivity (Wildman–Crippen MR) is 104 cm³/mol. The van der Waals surface area contributed by atoms with Gasteiger partial charge in [0.25, 0.3) is 0 Å². The molecule has 0 radical (unpaired) electrons. The molecule has 0 bridgehead atoms. The van der Waals surface area contributed by atoms with E-state index in [1.807, 2.05) is 36.0 Å². The number of methoxy groups -OCH3 is 3. The standard InChI is InChI=1S/C21H25FN2O3/c1-24-13-15(20-17(24)7-6-16(22)21(20)27-4)9-10-23-12-14-5-8-18(25-2)19(11-14)26-3/h5-8,11,13,23H,9-10,12H2,1-4H3. The Morgan fingerprint density at radius 3 is 2.48 bits per heavy atom. The van der Waals surface area contributed by atoms with Gasteiger partial charge in [0.05, 0.1) is 26.8 Å². The lowest BCUT2D eigenvalue weighted by Gasteiger charge is -2.10. The van der Waals surface area contributed by atoms with Crippen molar-refractivity contribution in [3.05, 3.63) is 53.5 Å². The normalized spacial score (nSPS) is 11.0. The quantitative estimate of drug-likeness (QED) is 0.613. The summed E-state index contributed by atoms with van der Waals surface area (Å²) in [7, 11) is 6.71. The minimum absolute atomic E-state index is 0.308. The van der Waals surface area contributed by atoms with E-state index in [2.05, 4.69) is 5.32 Å². The van der Waals surface area contributed by atoms with E-state index < -0.39 is 0 Å². The van der Waals surface area contributed by atoms with Crippen molar-refractivity contribution in [2.75, 3.05) is 27.9 Å². The van der Waals surface area contributed by atoms with Crippen molar-refractivity contribution in [2.45, 2.75) is 13.0 Å². The molecule has 1 heterocycles. The van der Waals surface area contributed by atoms with E-state index in [9.17, 15) is 4.39 Å². The Kier molecular flexibility index (Phi) is 5.86. The number of aromatic nitrogens is 1. The van der Waals surface area contributed by atoms with Crippen LogP contribution in [0.2, 0.25) is 0 Å². The second-order valence-corrected chi connectivity index (χ2v) is 6.36. The maximum absolute atomic E-state index is 14.1. The van der Waals surface area contributed by atoms with E-state index in [1.165, 1.54) is 13.2 Å². The van der Waals surface area contributed by atoms with E-state index in [-0.39, 0.29) is 5.82 Å². The van der Waals surface area contributed by atoms with Crippen LogP contribution >= 0.6 is 0 Å². The van der Waals surface area contributed by atoms with Gasteiger partial charge in [-0.2, -0.15) is 0 Å². The molecule has 0 spiro atoms. The third-order valence-corrected chi connectivity index (χ3v) is 4.69.